The van der Waals surface area contributed by atoms with E-state index in [9.17, 15) is 0 Å². The molecular formula is C12H21N5. The first-order valence-electron chi connectivity index (χ1n) is 6.42. The van der Waals surface area contributed by atoms with E-state index >= 15 is 0 Å². The zero-order chi connectivity index (χ0) is 12.1. The second-order valence-electron chi connectivity index (χ2n) is 4.43. The molecule has 2 rings (SSSR count). The summed E-state index contributed by atoms with van der Waals surface area (Å²) in [6, 6.07) is 0. The van der Waals surface area contributed by atoms with Gasteiger partial charge in [-0.2, -0.15) is 0 Å². The molecule has 1 aliphatic heterocycles. The molecule has 0 bridgehead atoms. The molecule has 17 heavy (non-hydrogen) atoms. The van der Waals surface area contributed by atoms with Gasteiger partial charge < -0.3 is 16.0 Å². The van der Waals surface area contributed by atoms with E-state index in [0.29, 0.717) is 5.69 Å². The van der Waals surface area contributed by atoms with Crippen LogP contribution in [0.5, 0.6) is 0 Å². The van der Waals surface area contributed by atoms with Crippen molar-refractivity contribution in [2.75, 3.05) is 35.6 Å². The number of nitrogens with two attached hydrogens (primary N) is 1. The van der Waals surface area contributed by atoms with Gasteiger partial charge in [0, 0.05) is 19.6 Å². The molecular weight excluding hydrogens is 214 g/mol. The third-order valence-electron chi connectivity index (χ3n) is 3.06. The molecule has 0 aliphatic carbocycles. The number of hydrogen-bond donors (Lipinski definition) is 2. The lowest BCUT2D eigenvalue weighted by atomic mass is 10.1. The molecule has 1 saturated heterocycles. The fraction of sp³-hybridized carbons (Fsp3) is 0.667. The van der Waals surface area contributed by atoms with Crippen LogP contribution in [-0.4, -0.2) is 29.6 Å². The van der Waals surface area contributed by atoms with E-state index in [1.165, 1.54) is 19.3 Å². The average molecular weight is 235 g/mol. The highest BCUT2D eigenvalue weighted by Gasteiger charge is 2.16. The second kappa shape index (κ2) is 5.70. The predicted octanol–water partition coefficient (Wildman–Crippen LogP) is 1.87. The van der Waals surface area contributed by atoms with Crippen molar-refractivity contribution in [1.82, 2.24) is 9.97 Å². The minimum atomic E-state index is 0.683. The van der Waals surface area contributed by atoms with Gasteiger partial charge in [-0.3, -0.25) is 0 Å². The first-order chi connectivity index (χ1) is 8.33. The van der Waals surface area contributed by atoms with Crippen molar-refractivity contribution < 1.29 is 0 Å². The van der Waals surface area contributed by atoms with E-state index in [1.54, 1.807) is 6.33 Å². The number of nitrogens with zero attached hydrogens (tertiary/aromatic N) is 3. The monoisotopic (exact) mass is 235 g/mol. The van der Waals surface area contributed by atoms with Crippen LogP contribution in [0.1, 0.15) is 32.6 Å². The summed E-state index contributed by atoms with van der Waals surface area (Å²) < 4.78 is 0. The number of hydrogen-bond acceptors (Lipinski definition) is 5. The maximum absolute atomic E-state index is 6.13. The molecule has 2 heterocycles. The van der Waals surface area contributed by atoms with Gasteiger partial charge in [0.1, 0.15) is 12.0 Å². The van der Waals surface area contributed by atoms with Crippen molar-refractivity contribution in [3.8, 4) is 0 Å². The molecule has 94 valence electrons. The quantitative estimate of drug-likeness (QED) is 0.834. The van der Waals surface area contributed by atoms with E-state index in [-0.39, 0.29) is 0 Å². The minimum absolute atomic E-state index is 0.683. The largest absolute Gasteiger partial charge is 0.393 e. The van der Waals surface area contributed by atoms with Gasteiger partial charge in [0.2, 0.25) is 0 Å². The number of nitrogens with one attached hydrogen (secondary N) is 1. The van der Waals surface area contributed by atoms with Gasteiger partial charge in [0.15, 0.2) is 11.6 Å². The molecule has 0 unspecified atom stereocenters. The van der Waals surface area contributed by atoms with Crippen molar-refractivity contribution in [3.05, 3.63) is 6.33 Å². The SMILES string of the molecule is CCCNc1ncnc(N2CCCCC2)c1N. The van der Waals surface area contributed by atoms with Gasteiger partial charge in [-0.15, -0.1) is 0 Å². The second-order valence-corrected chi connectivity index (χ2v) is 4.43. The zero-order valence-electron chi connectivity index (χ0n) is 10.4. The van der Waals surface area contributed by atoms with Crippen LogP contribution in [0.4, 0.5) is 17.3 Å². The van der Waals surface area contributed by atoms with Crippen LogP contribution < -0.4 is 16.0 Å². The Bertz CT molecular complexity index is 360. The molecule has 1 aromatic rings. The minimum Gasteiger partial charge on any atom is -0.393 e. The summed E-state index contributed by atoms with van der Waals surface area (Å²) in [6.45, 7) is 5.11. The fourth-order valence-electron chi connectivity index (χ4n) is 2.13. The summed E-state index contributed by atoms with van der Waals surface area (Å²) in [6.07, 6.45) is 6.41. The Hall–Kier alpha value is -1.52. The van der Waals surface area contributed by atoms with E-state index in [2.05, 4.69) is 27.1 Å². The molecule has 5 heteroatoms. The molecule has 3 N–H and O–H groups in total. The molecule has 0 aromatic carbocycles. The molecule has 0 saturated carbocycles. The first kappa shape index (κ1) is 12.0. The van der Waals surface area contributed by atoms with E-state index < -0.39 is 0 Å². The Balaban J connectivity index is 2.15. The van der Waals surface area contributed by atoms with Crippen molar-refractivity contribution in [2.24, 2.45) is 0 Å². The summed E-state index contributed by atoms with van der Waals surface area (Å²) in [5.74, 6) is 1.65. The highest BCUT2D eigenvalue weighted by Crippen LogP contribution is 2.27. The summed E-state index contributed by atoms with van der Waals surface area (Å²) in [5.41, 5.74) is 6.81. The van der Waals surface area contributed by atoms with Gasteiger partial charge >= 0.3 is 0 Å². The molecule has 5 nitrogen and oxygen atoms in total. The molecule has 0 atom stereocenters. The first-order valence-corrected chi connectivity index (χ1v) is 6.42. The summed E-state index contributed by atoms with van der Waals surface area (Å²) in [7, 11) is 0. The van der Waals surface area contributed by atoms with Crippen molar-refractivity contribution in [2.45, 2.75) is 32.6 Å². The van der Waals surface area contributed by atoms with Crippen LogP contribution in [0.15, 0.2) is 6.33 Å². The number of aromatic nitrogens is 2. The van der Waals surface area contributed by atoms with E-state index in [1.807, 2.05) is 0 Å². The fourth-order valence-corrected chi connectivity index (χ4v) is 2.13. The normalized spacial score (nSPS) is 15.9. The van der Waals surface area contributed by atoms with Gasteiger partial charge in [-0.1, -0.05) is 6.92 Å². The van der Waals surface area contributed by atoms with Gasteiger partial charge in [-0.05, 0) is 25.7 Å². The molecule has 0 spiro atoms. The van der Waals surface area contributed by atoms with E-state index in [4.69, 9.17) is 5.73 Å². The summed E-state index contributed by atoms with van der Waals surface area (Å²) >= 11 is 0. The van der Waals surface area contributed by atoms with Crippen LogP contribution in [0.25, 0.3) is 0 Å². The predicted molar refractivity (Wildman–Crippen MR) is 71.3 cm³/mol. The average Bonchev–Trinajstić information content (AvgIpc) is 2.39. The Kier molecular flexibility index (Phi) is 4.01. The number of anilines is 3. The topological polar surface area (TPSA) is 67.1 Å². The number of rotatable bonds is 4. The third kappa shape index (κ3) is 2.78. The molecule has 0 amide bonds. The van der Waals surface area contributed by atoms with Gasteiger partial charge in [0.05, 0.1) is 0 Å². The third-order valence-corrected chi connectivity index (χ3v) is 3.06. The van der Waals surface area contributed by atoms with Crippen molar-refractivity contribution in [1.29, 1.82) is 0 Å². The van der Waals surface area contributed by atoms with E-state index in [0.717, 1.165) is 37.7 Å². The van der Waals surface area contributed by atoms with Gasteiger partial charge in [-0.25, -0.2) is 9.97 Å². The Labute approximate surface area is 102 Å². The number of piperidine rings is 1. The highest BCUT2D eigenvalue weighted by atomic mass is 15.2. The van der Waals surface area contributed by atoms with Crippen LogP contribution in [0, 0.1) is 0 Å². The lowest BCUT2D eigenvalue weighted by molar-refractivity contribution is 0.573. The molecule has 1 aromatic heterocycles. The maximum atomic E-state index is 6.13. The van der Waals surface area contributed by atoms with Crippen molar-refractivity contribution >= 4 is 17.3 Å². The Morgan fingerprint density at radius 3 is 2.76 bits per heavy atom. The van der Waals surface area contributed by atoms with Crippen LogP contribution in [-0.2, 0) is 0 Å². The molecule has 1 fully saturated rings. The lowest BCUT2D eigenvalue weighted by Crippen LogP contribution is -2.31. The summed E-state index contributed by atoms with van der Waals surface area (Å²) in [4.78, 5) is 10.8. The molecule has 1 aliphatic rings. The standard InChI is InChI=1S/C12H21N5/c1-2-6-14-11-10(13)12(16-9-15-11)17-7-4-3-5-8-17/h9H,2-8,13H2,1H3,(H,14,15,16). The summed E-state index contributed by atoms with van der Waals surface area (Å²) in [5, 5.41) is 3.24. The van der Waals surface area contributed by atoms with Crippen LogP contribution in [0.2, 0.25) is 0 Å². The maximum Gasteiger partial charge on any atom is 0.157 e. The number of nitrogen functional groups attached to an aromatic ring is 1. The van der Waals surface area contributed by atoms with Gasteiger partial charge in [0.25, 0.3) is 0 Å². The van der Waals surface area contributed by atoms with Crippen LogP contribution >= 0.6 is 0 Å². The smallest absolute Gasteiger partial charge is 0.157 e. The Morgan fingerprint density at radius 2 is 2.06 bits per heavy atom. The Morgan fingerprint density at radius 1 is 1.29 bits per heavy atom. The zero-order valence-corrected chi connectivity index (χ0v) is 10.4. The molecule has 0 radical (unpaired) electrons. The lowest BCUT2D eigenvalue weighted by Gasteiger charge is -2.28. The van der Waals surface area contributed by atoms with Crippen LogP contribution in [0.3, 0.4) is 0 Å². The van der Waals surface area contributed by atoms with Crippen molar-refractivity contribution in [3.63, 3.8) is 0 Å². The highest BCUT2D eigenvalue weighted by molar-refractivity contribution is 5.74.